The summed E-state index contributed by atoms with van der Waals surface area (Å²) in [6.45, 7) is 0.637. The summed E-state index contributed by atoms with van der Waals surface area (Å²) in [5.41, 5.74) is 3.05. The average molecular weight is 406 g/mol. The van der Waals surface area contributed by atoms with E-state index in [4.69, 9.17) is 9.47 Å². The van der Waals surface area contributed by atoms with Crippen molar-refractivity contribution in [2.24, 2.45) is 0 Å². The molecule has 1 aliphatic rings. The van der Waals surface area contributed by atoms with Crippen LogP contribution >= 0.6 is 0 Å². The van der Waals surface area contributed by atoms with Gasteiger partial charge in [-0.1, -0.05) is 23.4 Å². The van der Waals surface area contributed by atoms with Crippen molar-refractivity contribution in [1.82, 2.24) is 19.9 Å². The highest BCUT2D eigenvalue weighted by Crippen LogP contribution is 2.43. The van der Waals surface area contributed by atoms with Crippen molar-refractivity contribution in [3.63, 3.8) is 0 Å². The highest BCUT2D eigenvalue weighted by atomic mass is 16.5. The van der Waals surface area contributed by atoms with Gasteiger partial charge in [-0.05, 0) is 49.1 Å². The summed E-state index contributed by atoms with van der Waals surface area (Å²) in [6, 6.07) is 13.8. The van der Waals surface area contributed by atoms with E-state index in [1.165, 1.54) is 0 Å². The number of aromatic nitrogens is 3. The first kappa shape index (κ1) is 20.1. The van der Waals surface area contributed by atoms with Crippen LogP contribution in [0.5, 0.6) is 11.5 Å². The summed E-state index contributed by atoms with van der Waals surface area (Å²) in [4.78, 5) is 14.2. The average Bonchev–Trinajstić information content (AvgIpc) is 3.34. The van der Waals surface area contributed by atoms with E-state index in [9.17, 15) is 4.79 Å². The van der Waals surface area contributed by atoms with E-state index in [0.717, 1.165) is 53.9 Å². The Hall–Kier alpha value is -3.19. The molecule has 0 bridgehead atoms. The van der Waals surface area contributed by atoms with E-state index in [0.29, 0.717) is 6.54 Å². The molecular formula is C23H26N4O3. The van der Waals surface area contributed by atoms with Crippen molar-refractivity contribution < 1.29 is 14.3 Å². The third kappa shape index (κ3) is 3.93. The molecule has 2 heterocycles. The molecule has 4 rings (SSSR count). The van der Waals surface area contributed by atoms with Gasteiger partial charge in [0.2, 0.25) is 0 Å². The van der Waals surface area contributed by atoms with Crippen LogP contribution in [0.1, 0.15) is 36.4 Å². The number of benzene rings is 2. The summed E-state index contributed by atoms with van der Waals surface area (Å²) in [6.07, 6.45) is 7.30. The number of methoxy groups -OCH3 is 2. The quantitative estimate of drug-likeness (QED) is 0.559. The Morgan fingerprint density at radius 2 is 1.87 bits per heavy atom. The van der Waals surface area contributed by atoms with Crippen LogP contribution < -0.4 is 9.47 Å². The molecule has 2 unspecified atom stereocenters. The number of rotatable bonds is 7. The van der Waals surface area contributed by atoms with E-state index in [2.05, 4.69) is 27.3 Å². The topological polar surface area (TPSA) is 69.5 Å². The van der Waals surface area contributed by atoms with Crippen LogP contribution in [0.2, 0.25) is 0 Å². The fraction of sp³-hybridized carbons (Fsp3) is 0.348. The van der Waals surface area contributed by atoms with Crippen LogP contribution in [0.3, 0.4) is 0 Å². The van der Waals surface area contributed by atoms with Crippen LogP contribution in [0.4, 0.5) is 0 Å². The minimum absolute atomic E-state index is 0.0232. The molecule has 0 amide bonds. The number of ether oxygens (including phenoxy) is 2. The monoisotopic (exact) mass is 406 g/mol. The first-order valence-electron chi connectivity index (χ1n) is 10.1. The smallest absolute Gasteiger partial charge is 0.137 e. The van der Waals surface area contributed by atoms with E-state index in [-0.39, 0.29) is 12.1 Å². The molecule has 1 fully saturated rings. The lowest BCUT2D eigenvalue weighted by Crippen LogP contribution is -2.42. The Bertz CT molecular complexity index is 968. The highest BCUT2D eigenvalue weighted by Gasteiger charge is 2.34. The number of carbonyl (C=O) groups excluding carboxylic acids is 1. The Morgan fingerprint density at radius 3 is 2.53 bits per heavy atom. The van der Waals surface area contributed by atoms with Crippen LogP contribution in [0.15, 0.2) is 54.9 Å². The summed E-state index contributed by atoms with van der Waals surface area (Å²) < 4.78 is 13.1. The molecule has 7 nitrogen and oxygen atoms in total. The van der Waals surface area contributed by atoms with Crippen molar-refractivity contribution in [1.29, 1.82) is 0 Å². The van der Waals surface area contributed by atoms with Gasteiger partial charge in [-0.15, -0.1) is 5.10 Å². The zero-order chi connectivity index (χ0) is 20.9. The van der Waals surface area contributed by atoms with Gasteiger partial charge < -0.3 is 14.3 Å². The predicted octanol–water partition coefficient (Wildman–Crippen LogP) is 3.58. The molecule has 0 aliphatic carbocycles. The minimum atomic E-state index is -0.159. The number of carbonyl (C=O) groups is 1. The van der Waals surface area contributed by atoms with E-state index in [1.54, 1.807) is 25.1 Å². The normalized spacial score (nSPS) is 19.4. The molecule has 2 aromatic carbocycles. The van der Waals surface area contributed by atoms with Gasteiger partial charge in [0.05, 0.1) is 43.9 Å². The molecule has 7 heteroatoms. The van der Waals surface area contributed by atoms with Crippen molar-refractivity contribution in [3.8, 4) is 17.2 Å². The second-order valence-corrected chi connectivity index (χ2v) is 7.42. The second kappa shape index (κ2) is 9.09. The molecule has 0 spiro atoms. The molecule has 30 heavy (non-hydrogen) atoms. The number of piperidine rings is 1. The maximum absolute atomic E-state index is 12.0. The van der Waals surface area contributed by atoms with Crippen LogP contribution in [0.25, 0.3) is 5.69 Å². The third-order valence-corrected chi connectivity index (χ3v) is 5.72. The molecular weight excluding hydrogens is 380 g/mol. The number of hydrogen-bond donors (Lipinski definition) is 0. The number of hydrogen-bond acceptors (Lipinski definition) is 6. The zero-order valence-corrected chi connectivity index (χ0v) is 17.3. The van der Waals surface area contributed by atoms with Crippen molar-refractivity contribution >= 4 is 6.29 Å². The zero-order valence-electron chi connectivity index (χ0n) is 17.3. The SMILES string of the molecule is COc1cccc(OC)c1C1CCCC(C=O)N1Cc1cccc(-n2ccnn2)c1. The summed E-state index contributed by atoms with van der Waals surface area (Å²) in [5, 5.41) is 7.96. The van der Waals surface area contributed by atoms with Gasteiger partial charge in [0.25, 0.3) is 0 Å². The van der Waals surface area contributed by atoms with Gasteiger partial charge in [0, 0.05) is 12.6 Å². The van der Waals surface area contributed by atoms with Gasteiger partial charge in [0.1, 0.15) is 17.8 Å². The number of nitrogens with zero attached hydrogens (tertiary/aromatic N) is 4. The first-order valence-corrected chi connectivity index (χ1v) is 10.1. The maximum atomic E-state index is 12.0. The number of aldehydes is 1. The van der Waals surface area contributed by atoms with Crippen molar-refractivity contribution in [3.05, 3.63) is 66.0 Å². The number of likely N-dealkylation sites (tertiary alicyclic amines) is 1. The fourth-order valence-electron chi connectivity index (χ4n) is 4.33. The van der Waals surface area contributed by atoms with Gasteiger partial charge >= 0.3 is 0 Å². The molecule has 1 aromatic heterocycles. The molecule has 0 N–H and O–H groups in total. The summed E-state index contributed by atoms with van der Waals surface area (Å²) in [5.74, 6) is 1.57. The summed E-state index contributed by atoms with van der Waals surface area (Å²) in [7, 11) is 3.34. The Morgan fingerprint density at radius 1 is 1.10 bits per heavy atom. The van der Waals surface area contributed by atoms with Crippen molar-refractivity contribution in [2.75, 3.05) is 14.2 Å². The van der Waals surface area contributed by atoms with Gasteiger partial charge in [-0.2, -0.15) is 0 Å². The maximum Gasteiger partial charge on any atom is 0.137 e. The summed E-state index contributed by atoms with van der Waals surface area (Å²) >= 11 is 0. The van der Waals surface area contributed by atoms with Gasteiger partial charge in [-0.25, -0.2) is 4.68 Å². The fourth-order valence-corrected chi connectivity index (χ4v) is 4.33. The molecule has 1 aliphatic heterocycles. The third-order valence-electron chi connectivity index (χ3n) is 5.72. The van der Waals surface area contributed by atoms with E-state index < -0.39 is 0 Å². The lowest BCUT2D eigenvalue weighted by Gasteiger charge is -2.41. The van der Waals surface area contributed by atoms with Crippen molar-refractivity contribution in [2.45, 2.75) is 37.9 Å². The van der Waals surface area contributed by atoms with Crippen LogP contribution in [-0.4, -0.2) is 46.4 Å². The lowest BCUT2D eigenvalue weighted by atomic mass is 9.89. The minimum Gasteiger partial charge on any atom is -0.496 e. The lowest BCUT2D eigenvalue weighted by molar-refractivity contribution is -0.115. The molecule has 156 valence electrons. The predicted molar refractivity (Wildman–Crippen MR) is 113 cm³/mol. The molecule has 2 atom stereocenters. The van der Waals surface area contributed by atoms with Gasteiger partial charge in [0.15, 0.2) is 0 Å². The second-order valence-electron chi connectivity index (χ2n) is 7.42. The molecule has 3 aromatic rings. The Kier molecular flexibility index (Phi) is 6.09. The molecule has 1 saturated heterocycles. The Labute approximate surface area is 176 Å². The van der Waals surface area contributed by atoms with E-state index in [1.807, 2.05) is 36.5 Å². The standard InChI is InChI=1S/C23H26N4O3/c1-29-21-10-5-11-22(30-2)23(21)20-9-4-8-19(16-28)26(20)15-17-6-3-7-18(14-17)27-13-12-24-25-27/h3,5-7,10-14,16,19-20H,4,8-9,15H2,1-2H3. The highest BCUT2D eigenvalue weighted by molar-refractivity contribution is 5.59. The first-order chi connectivity index (χ1) is 14.7. The molecule has 0 radical (unpaired) electrons. The van der Waals surface area contributed by atoms with E-state index >= 15 is 0 Å². The van der Waals surface area contributed by atoms with Gasteiger partial charge in [-0.3, -0.25) is 4.90 Å². The largest absolute Gasteiger partial charge is 0.496 e. The molecule has 0 saturated carbocycles. The van der Waals surface area contributed by atoms with Crippen LogP contribution in [-0.2, 0) is 11.3 Å². The Balaban J connectivity index is 1.71. The van der Waals surface area contributed by atoms with Crippen LogP contribution in [0, 0.1) is 0 Å².